The zero-order chi connectivity index (χ0) is 9.26. The second-order valence-electron chi connectivity index (χ2n) is 2.78. The van der Waals surface area contributed by atoms with E-state index in [9.17, 15) is 5.11 Å². The number of phenols is 1. The largest absolute Gasteiger partial charge is 0.508 e. The lowest BCUT2D eigenvalue weighted by Crippen LogP contribution is -2.00. The van der Waals surface area contributed by atoms with Crippen molar-refractivity contribution < 1.29 is 14.6 Å². The lowest BCUT2D eigenvalue weighted by molar-refractivity contribution is -0.0448. The molecule has 0 bridgehead atoms. The van der Waals surface area contributed by atoms with Crippen LogP contribution in [-0.4, -0.2) is 18.3 Å². The molecule has 1 saturated heterocycles. The van der Waals surface area contributed by atoms with Crippen LogP contribution in [0.5, 0.6) is 5.75 Å². The van der Waals surface area contributed by atoms with Crippen molar-refractivity contribution in [2.75, 3.05) is 13.2 Å². The molecule has 2 rings (SSSR count). The zero-order valence-corrected chi connectivity index (χ0v) is 9.02. The van der Waals surface area contributed by atoms with Gasteiger partial charge in [-0.15, -0.1) is 0 Å². The zero-order valence-electron chi connectivity index (χ0n) is 6.87. The number of aromatic hydroxyl groups is 1. The van der Waals surface area contributed by atoms with E-state index < -0.39 is 0 Å². The summed E-state index contributed by atoms with van der Waals surface area (Å²) in [6.07, 6.45) is -0.306. The topological polar surface area (TPSA) is 38.7 Å². The number of phenolic OH excluding ortho intramolecular Hbond substituents is 1. The predicted molar refractivity (Wildman–Crippen MR) is 55.5 cm³/mol. The van der Waals surface area contributed by atoms with Crippen LogP contribution in [0, 0.1) is 3.57 Å². The number of benzene rings is 1. The molecule has 1 aliphatic rings. The quantitative estimate of drug-likeness (QED) is 0.805. The summed E-state index contributed by atoms with van der Waals surface area (Å²) in [5.74, 6) is 0.245. The Bertz CT molecular complexity index is 308. The van der Waals surface area contributed by atoms with E-state index in [1.165, 1.54) is 0 Å². The normalized spacial score (nSPS) is 17.9. The summed E-state index contributed by atoms with van der Waals surface area (Å²) in [5.41, 5.74) is 0.901. The molecule has 0 aliphatic carbocycles. The Morgan fingerprint density at radius 2 is 2.00 bits per heavy atom. The first-order valence-corrected chi connectivity index (χ1v) is 5.07. The van der Waals surface area contributed by atoms with Gasteiger partial charge in [0.05, 0.1) is 13.2 Å². The highest BCUT2D eigenvalue weighted by molar-refractivity contribution is 14.1. The Morgan fingerprint density at radius 3 is 2.69 bits per heavy atom. The molecule has 1 aromatic carbocycles. The van der Waals surface area contributed by atoms with Crippen molar-refractivity contribution in [3.05, 3.63) is 27.3 Å². The molecule has 70 valence electrons. The molecule has 3 nitrogen and oxygen atoms in total. The summed E-state index contributed by atoms with van der Waals surface area (Å²) in [6, 6.07) is 5.17. The number of hydrogen-bond acceptors (Lipinski definition) is 3. The van der Waals surface area contributed by atoms with Crippen molar-refractivity contribution in [3.63, 3.8) is 0 Å². The van der Waals surface area contributed by atoms with Crippen LogP contribution >= 0.6 is 22.6 Å². The van der Waals surface area contributed by atoms with Gasteiger partial charge in [0, 0.05) is 9.13 Å². The SMILES string of the molecule is Oc1ccc(I)c(C2OCCO2)c1. The smallest absolute Gasteiger partial charge is 0.185 e. The van der Waals surface area contributed by atoms with Crippen molar-refractivity contribution >= 4 is 22.6 Å². The van der Waals surface area contributed by atoms with E-state index in [0.29, 0.717) is 13.2 Å². The molecule has 1 aliphatic heterocycles. The van der Waals surface area contributed by atoms with E-state index in [0.717, 1.165) is 9.13 Å². The molecule has 13 heavy (non-hydrogen) atoms. The van der Waals surface area contributed by atoms with E-state index >= 15 is 0 Å². The Labute approximate surface area is 89.8 Å². The maximum absolute atomic E-state index is 9.28. The molecule has 0 atom stereocenters. The van der Waals surface area contributed by atoms with Crippen LogP contribution in [0.1, 0.15) is 11.9 Å². The van der Waals surface area contributed by atoms with E-state index in [4.69, 9.17) is 9.47 Å². The van der Waals surface area contributed by atoms with E-state index in [2.05, 4.69) is 22.6 Å². The second kappa shape index (κ2) is 3.81. The third-order valence-electron chi connectivity index (χ3n) is 1.86. The first-order valence-electron chi connectivity index (χ1n) is 3.99. The van der Waals surface area contributed by atoms with Gasteiger partial charge in [-0.1, -0.05) is 0 Å². The summed E-state index contributed by atoms with van der Waals surface area (Å²) in [6.45, 7) is 1.24. The standard InChI is InChI=1S/C9H9IO3/c10-8-2-1-6(11)5-7(8)9-12-3-4-13-9/h1-2,5,9,11H,3-4H2. The minimum Gasteiger partial charge on any atom is -0.508 e. The maximum atomic E-state index is 9.28. The van der Waals surface area contributed by atoms with E-state index in [1.54, 1.807) is 12.1 Å². The number of ether oxygens (including phenoxy) is 2. The predicted octanol–water partition coefficient (Wildman–Crippen LogP) is 2.04. The number of rotatable bonds is 1. The van der Waals surface area contributed by atoms with Crippen LogP contribution in [0.2, 0.25) is 0 Å². The Kier molecular flexibility index (Phi) is 2.71. The third kappa shape index (κ3) is 1.95. The van der Waals surface area contributed by atoms with Crippen molar-refractivity contribution in [1.82, 2.24) is 0 Å². The van der Waals surface area contributed by atoms with Crippen molar-refractivity contribution in [2.24, 2.45) is 0 Å². The van der Waals surface area contributed by atoms with Crippen LogP contribution in [0.4, 0.5) is 0 Å². The second-order valence-corrected chi connectivity index (χ2v) is 3.94. The summed E-state index contributed by atoms with van der Waals surface area (Å²) in [7, 11) is 0. The molecular formula is C9H9IO3. The van der Waals surface area contributed by atoms with Crippen LogP contribution in [-0.2, 0) is 9.47 Å². The summed E-state index contributed by atoms with van der Waals surface area (Å²) in [4.78, 5) is 0. The van der Waals surface area contributed by atoms with Crippen LogP contribution in [0.25, 0.3) is 0 Å². The molecule has 4 heteroatoms. The van der Waals surface area contributed by atoms with E-state index in [1.807, 2.05) is 6.07 Å². The number of halogens is 1. The Balaban J connectivity index is 2.32. The third-order valence-corrected chi connectivity index (χ3v) is 2.84. The van der Waals surface area contributed by atoms with Crippen molar-refractivity contribution in [2.45, 2.75) is 6.29 Å². The Morgan fingerprint density at radius 1 is 1.31 bits per heavy atom. The highest BCUT2D eigenvalue weighted by atomic mass is 127. The molecule has 0 saturated carbocycles. The number of hydrogen-bond donors (Lipinski definition) is 1. The molecule has 1 N–H and O–H groups in total. The van der Waals surface area contributed by atoms with Gasteiger partial charge in [-0.2, -0.15) is 0 Å². The fourth-order valence-corrected chi connectivity index (χ4v) is 1.84. The van der Waals surface area contributed by atoms with Gasteiger partial charge in [-0.25, -0.2) is 0 Å². The first kappa shape index (κ1) is 9.23. The molecule has 0 amide bonds. The Hall–Kier alpha value is -0.330. The van der Waals surface area contributed by atoms with Crippen LogP contribution < -0.4 is 0 Å². The van der Waals surface area contributed by atoms with Gasteiger partial charge >= 0.3 is 0 Å². The van der Waals surface area contributed by atoms with Gasteiger partial charge < -0.3 is 14.6 Å². The van der Waals surface area contributed by atoms with Gasteiger partial charge in [0.2, 0.25) is 0 Å². The minimum atomic E-state index is -0.306. The van der Waals surface area contributed by atoms with Crippen LogP contribution in [0.3, 0.4) is 0 Å². The van der Waals surface area contributed by atoms with Gasteiger partial charge in [-0.05, 0) is 40.8 Å². The van der Waals surface area contributed by atoms with Gasteiger partial charge in [-0.3, -0.25) is 0 Å². The molecule has 0 aromatic heterocycles. The summed E-state index contributed by atoms with van der Waals surface area (Å²) >= 11 is 2.20. The highest BCUT2D eigenvalue weighted by Crippen LogP contribution is 2.29. The molecular weight excluding hydrogens is 283 g/mol. The van der Waals surface area contributed by atoms with Gasteiger partial charge in [0.1, 0.15) is 5.75 Å². The molecule has 0 radical (unpaired) electrons. The van der Waals surface area contributed by atoms with Crippen molar-refractivity contribution in [1.29, 1.82) is 0 Å². The molecule has 1 aromatic rings. The molecule has 0 unspecified atom stereocenters. The molecule has 1 heterocycles. The fourth-order valence-electron chi connectivity index (χ4n) is 1.25. The minimum absolute atomic E-state index is 0.245. The van der Waals surface area contributed by atoms with Crippen molar-refractivity contribution in [3.8, 4) is 5.75 Å². The lowest BCUT2D eigenvalue weighted by Gasteiger charge is -2.11. The fraction of sp³-hybridized carbons (Fsp3) is 0.333. The van der Waals surface area contributed by atoms with Gasteiger partial charge in [0.15, 0.2) is 6.29 Å². The van der Waals surface area contributed by atoms with Crippen LogP contribution in [0.15, 0.2) is 18.2 Å². The highest BCUT2D eigenvalue weighted by Gasteiger charge is 2.20. The maximum Gasteiger partial charge on any atom is 0.185 e. The average Bonchev–Trinajstić information content (AvgIpc) is 2.61. The molecule has 1 fully saturated rings. The molecule has 0 spiro atoms. The van der Waals surface area contributed by atoms with E-state index in [-0.39, 0.29) is 12.0 Å². The first-order chi connectivity index (χ1) is 6.27. The van der Waals surface area contributed by atoms with Gasteiger partial charge in [0.25, 0.3) is 0 Å². The average molecular weight is 292 g/mol. The summed E-state index contributed by atoms with van der Waals surface area (Å²) in [5, 5.41) is 9.28. The summed E-state index contributed by atoms with van der Waals surface area (Å²) < 4.78 is 11.7. The monoisotopic (exact) mass is 292 g/mol. The lowest BCUT2D eigenvalue weighted by atomic mass is 10.2.